The monoisotopic (exact) mass is 321 g/mol. The predicted molar refractivity (Wildman–Crippen MR) is 86.8 cm³/mol. The Bertz CT molecular complexity index is 542. The Hall–Kier alpha value is -1.17. The average Bonchev–Trinajstić information content (AvgIpc) is 3.17. The molecule has 4 nitrogen and oxygen atoms in total. The van der Waals surface area contributed by atoms with Crippen LogP contribution in [-0.4, -0.2) is 42.7 Å². The first-order chi connectivity index (χ1) is 10.6. The van der Waals surface area contributed by atoms with E-state index < -0.39 is 0 Å². The first-order valence-corrected chi connectivity index (χ1v) is 8.74. The number of amides is 1. The van der Waals surface area contributed by atoms with E-state index in [9.17, 15) is 4.79 Å². The minimum atomic E-state index is -0.134. The Morgan fingerprint density at radius 2 is 2.27 bits per heavy atom. The van der Waals surface area contributed by atoms with Gasteiger partial charge in [0, 0.05) is 13.2 Å². The molecule has 1 aromatic rings. The minimum absolute atomic E-state index is 0.0236. The summed E-state index contributed by atoms with van der Waals surface area (Å²) in [6, 6.07) is 2.07. The SMILES string of the molecule is C=C(C)[C@H]1OCC[C@H]1C(=O)N1CC(C)OC(c2ccsc2)C1. The maximum atomic E-state index is 12.9. The molecule has 0 N–H and O–H groups in total. The second-order valence-electron chi connectivity index (χ2n) is 6.27. The van der Waals surface area contributed by atoms with Crippen LogP contribution in [0.4, 0.5) is 0 Å². The van der Waals surface area contributed by atoms with E-state index in [1.54, 1.807) is 11.3 Å². The van der Waals surface area contributed by atoms with Crippen LogP contribution in [0, 0.1) is 5.92 Å². The largest absolute Gasteiger partial charge is 0.373 e. The van der Waals surface area contributed by atoms with Crippen molar-refractivity contribution in [2.24, 2.45) is 5.92 Å². The third-order valence-electron chi connectivity index (χ3n) is 4.38. The number of carbonyl (C=O) groups excluding carboxylic acids is 1. The van der Waals surface area contributed by atoms with Crippen molar-refractivity contribution < 1.29 is 14.3 Å². The molecule has 22 heavy (non-hydrogen) atoms. The second-order valence-corrected chi connectivity index (χ2v) is 7.05. The molecule has 3 heterocycles. The molecule has 4 atom stereocenters. The normalized spacial score (nSPS) is 32.2. The molecular formula is C17H23NO3S. The fraction of sp³-hybridized carbons (Fsp3) is 0.588. The average molecular weight is 321 g/mol. The molecule has 1 aromatic heterocycles. The van der Waals surface area contributed by atoms with Crippen LogP contribution in [0.5, 0.6) is 0 Å². The standard InChI is InChI=1S/C17H23NO3S/c1-11(2)16-14(4-6-20-16)17(19)18-8-12(3)21-15(9-18)13-5-7-22-10-13/h5,7,10,12,14-16H,1,4,6,8-9H2,2-3H3/t12?,14-,15?,16-/m1/s1. The van der Waals surface area contributed by atoms with Crippen LogP contribution < -0.4 is 0 Å². The van der Waals surface area contributed by atoms with Gasteiger partial charge in [-0.2, -0.15) is 11.3 Å². The molecule has 0 aliphatic carbocycles. The van der Waals surface area contributed by atoms with Gasteiger partial charge in [-0.15, -0.1) is 0 Å². The molecule has 2 aliphatic rings. The summed E-state index contributed by atoms with van der Waals surface area (Å²) in [6.45, 7) is 9.85. The molecular weight excluding hydrogens is 298 g/mol. The summed E-state index contributed by atoms with van der Waals surface area (Å²) in [5.74, 6) is 0.0896. The zero-order valence-electron chi connectivity index (χ0n) is 13.2. The van der Waals surface area contributed by atoms with Crippen LogP contribution in [0.2, 0.25) is 0 Å². The summed E-state index contributed by atoms with van der Waals surface area (Å²) >= 11 is 1.66. The third kappa shape index (κ3) is 3.12. The fourth-order valence-electron chi connectivity index (χ4n) is 3.34. The van der Waals surface area contributed by atoms with Crippen molar-refractivity contribution >= 4 is 17.2 Å². The van der Waals surface area contributed by atoms with E-state index in [1.807, 2.05) is 24.1 Å². The van der Waals surface area contributed by atoms with Crippen molar-refractivity contribution in [1.82, 2.24) is 4.90 Å². The van der Waals surface area contributed by atoms with E-state index in [4.69, 9.17) is 9.47 Å². The van der Waals surface area contributed by atoms with E-state index in [2.05, 4.69) is 18.0 Å². The lowest BCUT2D eigenvalue weighted by Gasteiger charge is -2.38. The maximum absolute atomic E-state index is 12.9. The van der Waals surface area contributed by atoms with Gasteiger partial charge in [0.1, 0.15) is 6.10 Å². The van der Waals surface area contributed by atoms with Crippen molar-refractivity contribution in [3.8, 4) is 0 Å². The molecule has 2 aliphatic heterocycles. The third-order valence-corrected chi connectivity index (χ3v) is 5.08. The predicted octanol–water partition coefficient (Wildman–Crippen LogP) is 3.02. The zero-order valence-corrected chi connectivity index (χ0v) is 14.0. The van der Waals surface area contributed by atoms with E-state index in [0.29, 0.717) is 19.7 Å². The highest BCUT2D eigenvalue weighted by molar-refractivity contribution is 7.07. The van der Waals surface area contributed by atoms with E-state index in [-0.39, 0.29) is 30.1 Å². The summed E-state index contributed by atoms with van der Waals surface area (Å²) in [4.78, 5) is 14.9. The number of rotatable bonds is 3. The Labute approximate surface area is 135 Å². The molecule has 1 amide bonds. The van der Waals surface area contributed by atoms with E-state index in [0.717, 1.165) is 17.6 Å². The van der Waals surface area contributed by atoms with Crippen LogP contribution in [0.1, 0.15) is 31.9 Å². The van der Waals surface area contributed by atoms with Gasteiger partial charge in [-0.3, -0.25) is 4.79 Å². The van der Waals surface area contributed by atoms with Crippen LogP contribution >= 0.6 is 11.3 Å². The van der Waals surface area contributed by atoms with Gasteiger partial charge in [0.2, 0.25) is 5.91 Å². The van der Waals surface area contributed by atoms with Gasteiger partial charge in [-0.1, -0.05) is 12.2 Å². The highest BCUT2D eigenvalue weighted by Crippen LogP contribution is 2.31. The second kappa shape index (κ2) is 6.52. The maximum Gasteiger partial charge on any atom is 0.228 e. The summed E-state index contributed by atoms with van der Waals surface area (Å²) in [6.07, 6.45) is 0.675. The molecule has 0 bridgehead atoms. The lowest BCUT2D eigenvalue weighted by Crippen LogP contribution is -2.49. The number of ether oxygens (including phenoxy) is 2. The first kappa shape index (κ1) is 15.7. The zero-order chi connectivity index (χ0) is 15.7. The van der Waals surface area contributed by atoms with Crippen molar-refractivity contribution in [3.63, 3.8) is 0 Å². The number of thiophene rings is 1. The van der Waals surface area contributed by atoms with Crippen molar-refractivity contribution in [2.75, 3.05) is 19.7 Å². The molecule has 2 fully saturated rings. The Kier molecular flexibility index (Phi) is 4.66. The first-order valence-electron chi connectivity index (χ1n) is 7.79. The molecule has 0 aromatic carbocycles. The molecule has 5 heteroatoms. The number of carbonyl (C=O) groups is 1. The number of nitrogens with zero attached hydrogens (tertiary/aromatic N) is 1. The Balaban J connectivity index is 1.73. The van der Waals surface area contributed by atoms with Gasteiger partial charge in [0.05, 0.1) is 24.7 Å². The molecule has 3 rings (SSSR count). The van der Waals surface area contributed by atoms with Crippen LogP contribution in [0.3, 0.4) is 0 Å². The van der Waals surface area contributed by atoms with E-state index in [1.165, 1.54) is 0 Å². The number of morpholine rings is 1. The molecule has 0 radical (unpaired) electrons. The van der Waals surface area contributed by atoms with Gasteiger partial charge in [0.25, 0.3) is 0 Å². The minimum Gasteiger partial charge on any atom is -0.373 e. The molecule has 0 spiro atoms. The lowest BCUT2D eigenvalue weighted by molar-refractivity contribution is -0.150. The molecule has 0 saturated carbocycles. The molecule has 2 unspecified atom stereocenters. The van der Waals surface area contributed by atoms with Gasteiger partial charge < -0.3 is 14.4 Å². The van der Waals surface area contributed by atoms with Gasteiger partial charge in [-0.25, -0.2) is 0 Å². The van der Waals surface area contributed by atoms with Gasteiger partial charge >= 0.3 is 0 Å². The summed E-state index contributed by atoms with van der Waals surface area (Å²) in [5.41, 5.74) is 2.10. The Morgan fingerprint density at radius 3 is 2.95 bits per heavy atom. The Morgan fingerprint density at radius 1 is 1.45 bits per heavy atom. The van der Waals surface area contributed by atoms with Gasteiger partial charge in [-0.05, 0) is 42.7 Å². The van der Waals surface area contributed by atoms with E-state index >= 15 is 0 Å². The van der Waals surface area contributed by atoms with Crippen LogP contribution in [0.25, 0.3) is 0 Å². The number of hydrogen-bond donors (Lipinski definition) is 0. The highest BCUT2D eigenvalue weighted by atomic mass is 32.1. The van der Waals surface area contributed by atoms with Crippen LogP contribution in [-0.2, 0) is 14.3 Å². The summed E-state index contributed by atoms with van der Waals surface area (Å²) in [5, 5.41) is 4.15. The smallest absolute Gasteiger partial charge is 0.228 e. The topological polar surface area (TPSA) is 38.8 Å². The quantitative estimate of drug-likeness (QED) is 0.803. The molecule has 2 saturated heterocycles. The van der Waals surface area contributed by atoms with Crippen LogP contribution in [0.15, 0.2) is 29.0 Å². The fourth-order valence-corrected chi connectivity index (χ4v) is 4.04. The lowest BCUT2D eigenvalue weighted by atomic mass is 9.94. The number of hydrogen-bond acceptors (Lipinski definition) is 4. The van der Waals surface area contributed by atoms with Crippen molar-refractivity contribution in [3.05, 3.63) is 34.5 Å². The van der Waals surface area contributed by atoms with Crippen molar-refractivity contribution in [2.45, 2.75) is 38.6 Å². The highest BCUT2D eigenvalue weighted by Gasteiger charge is 2.39. The summed E-state index contributed by atoms with van der Waals surface area (Å²) < 4.78 is 11.7. The van der Waals surface area contributed by atoms with Crippen molar-refractivity contribution in [1.29, 1.82) is 0 Å². The summed E-state index contributed by atoms with van der Waals surface area (Å²) in [7, 11) is 0. The molecule has 120 valence electrons. The van der Waals surface area contributed by atoms with Gasteiger partial charge in [0.15, 0.2) is 0 Å².